The first kappa shape index (κ1) is 13.6. The zero-order valence-corrected chi connectivity index (χ0v) is 11.9. The molecule has 0 spiro atoms. The molecule has 2 aromatic heterocycles. The molecule has 108 valence electrons. The molecule has 4 nitrogen and oxygen atoms in total. The second-order valence-electron chi connectivity index (χ2n) is 5.14. The van der Waals surface area contributed by atoms with E-state index in [9.17, 15) is 4.79 Å². The molecule has 3 rings (SSSR count). The van der Waals surface area contributed by atoms with Gasteiger partial charge in [0.2, 0.25) is 0 Å². The van der Waals surface area contributed by atoms with Gasteiger partial charge in [0.05, 0.1) is 0 Å². The van der Waals surface area contributed by atoms with Crippen LogP contribution in [0.3, 0.4) is 0 Å². The number of nitrogens with two attached hydrogens (primary N) is 1. The number of rotatable bonds is 5. The third-order valence-corrected chi connectivity index (χ3v) is 3.77. The topological polar surface area (TPSA) is 52.9 Å². The summed E-state index contributed by atoms with van der Waals surface area (Å²) in [6.45, 7) is 2.08. The molecule has 21 heavy (non-hydrogen) atoms. The van der Waals surface area contributed by atoms with Gasteiger partial charge in [-0.3, -0.25) is 4.79 Å². The van der Waals surface area contributed by atoms with Crippen LogP contribution in [0.4, 0.5) is 0 Å². The summed E-state index contributed by atoms with van der Waals surface area (Å²) in [7, 11) is 0. The Morgan fingerprint density at radius 1 is 0.952 bits per heavy atom. The van der Waals surface area contributed by atoms with Crippen molar-refractivity contribution in [1.29, 1.82) is 0 Å². The first-order valence-electron chi connectivity index (χ1n) is 7.22. The smallest absolute Gasteiger partial charge is 0.250 e. The molecule has 0 saturated heterocycles. The van der Waals surface area contributed by atoms with Crippen molar-refractivity contribution in [3.8, 4) is 0 Å². The van der Waals surface area contributed by atoms with Gasteiger partial charge in [-0.25, -0.2) is 0 Å². The van der Waals surface area contributed by atoms with E-state index < -0.39 is 0 Å². The zero-order valence-electron chi connectivity index (χ0n) is 11.9. The summed E-state index contributed by atoms with van der Waals surface area (Å²) in [5.41, 5.74) is 8.20. The largest absolute Gasteiger partial charge is 0.345 e. The van der Waals surface area contributed by atoms with Crippen molar-refractivity contribution in [3.63, 3.8) is 0 Å². The van der Waals surface area contributed by atoms with Gasteiger partial charge in [-0.1, -0.05) is 24.3 Å². The summed E-state index contributed by atoms with van der Waals surface area (Å²) in [6.07, 6.45) is 4.86. The molecule has 0 amide bonds. The van der Waals surface area contributed by atoms with Crippen LogP contribution in [0.1, 0.15) is 5.56 Å². The van der Waals surface area contributed by atoms with E-state index in [4.69, 9.17) is 5.73 Å². The molecule has 2 heterocycles. The maximum atomic E-state index is 11.7. The first-order chi connectivity index (χ1) is 10.3. The molecule has 0 radical (unpaired) electrons. The molecular formula is C17H19N3O. The van der Waals surface area contributed by atoms with Crippen LogP contribution in [0.25, 0.3) is 10.9 Å². The van der Waals surface area contributed by atoms with Crippen LogP contribution in [0.15, 0.2) is 59.7 Å². The summed E-state index contributed by atoms with van der Waals surface area (Å²) in [6, 6.07) is 13.6. The predicted molar refractivity (Wildman–Crippen MR) is 85.4 cm³/mol. The van der Waals surface area contributed by atoms with Crippen LogP contribution in [-0.4, -0.2) is 15.7 Å². The summed E-state index contributed by atoms with van der Waals surface area (Å²) >= 11 is 0. The van der Waals surface area contributed by atoms with Crippen molar-refractivity contribution in [2.45, 2.75) is 19.5 Å². The monoisotopic (exact) mass is 281 g/mol. The van der Waals surface area contributed by atoms with Crippen molar-refractivity contribution in [2.24, 2.45) is 5.73 Å². The van der Waals surface area contributed by atoms with Crippen molar-refractivity contribution in [3.05, 3.63) is 70.8 Å². The standard InChI is InChI=1S/C17H19N3O/c18-9-8-14-13-20(16-6-2-1-5-15(14)16)12-11-19-10-4-3-7-17(19)21/h1-7,10,13H,8-9,11-12,18H2. The Bertz CT molecular complexity index is 801. The van der Waals surface area contributed by atoms with Gasteiger partial charge < -0.3 is 14.9 Å². The lowest BCUT2D eigenvalue weighted by atomic mass is 10.1. The van der Waals surface area contributed by atoms with Crippen molar-refractivity contribution < 1.29 is 0 Å². The first-order valence-corrected chi connectivity index (χ1v) is 7.22. The maximum Gasteiger partial charge on any atom is 0.250 e. The van der Waals surface area contributed by atoms with Gasteiger partial charge in [-0.2, -0.15) is 0 Å². The molecule has 0 atom stereocenters. The van der Waals surface area contributed by atoms with Gasteiger partial charge in [-0.15, -0.1) is 0 Å². The molecule has 1 aromatic carbocycles. The van der Waals surface area contributed by atoms with E-state index in [1.807, 2.05) is 24.4 Å². The minimum atomic E-state index is 0.0381. The molecule has 0 aliphatic carbocycles. The molecule has 0 aliphatic heterocycles. The number of pyridine rings is 1. The number of fused-ring (bicyclic) bond motifs is 1. The highest BCUT2D eigenvalue weighted by atomic mass is 16.1. The Morgan fingerprint density at radius 2 is 1.71 bits per heavy atom. The van der Waals surface area contributed by atoms with E-state index in [0.717, 1.165) is 13.0 Å². The van der Waals surface area contributed by atoms with Crippen LogP contribution in [0.2, 0.25) is 0 Å². The molecule has 0 aliphatic rings. The third-order valence-electron chi connectivity index (χ3n) is 3.77. The Balaban J connectivity index is 1.90. The van der Waals surface area contributed by atoms with E-state index in [1.54, 1.807) is 16.7 Å². The summed E-state index contributed by atoms with van der Waals surface area (Å²) < 4.78 is 3.94. The van der Waals surface area contributed by atoms with Crippen LogP contribution < -0.4 is 11.3 Å². The Hall–Kier alpha value is -2.33. The molecule has 0 bridgehead atoms. The Morgan fingerprint density at radius 3 is 2.52 bits per heavy atom. The normalized spacial score (nSPS) is 11.1. The maximum absolute atomic E-state index is 11.7. The second-order valence-corrected chi connectivity index (χ2v) is 5.14. The summed E-state index contributed by atoms with van der Waals surface area (Å²) in [4.78, 5) is 11.7. The Kier molecular flexibility index (Phi) is 3.88. The van der Waals surface area contributed by atoms with Crippen molar-refractivity contribution in [1.82, 2.24) is 9.13 Å². The lowest BCUT2D eigenvalue weighted by molar-refractivity contribution is 0.576. The van der Waals surface area contributed by atoms with Gasteiger partial charge in [0.25, 0.3) is 5.56 Å². The SMILES string of the molecule is NCCc1cn(CCn2ccccc2=O)c2ccccc12. The molecule has 2 N–H and O–H groups in total. The van der Waals surface area contributed by atoms with Crippen LogP contribution in [0.5, 0.6) is 0 Å². The average Bonchev–Trinajstić information content (AvgIpc) is 2.85. The fourth-order valence-corrected chi connectivity index (χ4v) is 2.72. The highest BCUT2D eigenvalue weighted by Crippen LogP contribution is 2.21. The van der Waals surface area contributed by atoms with Gasteiger partial charge >= 0.3 is 0 Å². The average molecular weight is 281 g/mol. The zero-order chi connectivity index (χ0) is 14.7. The van der Waals surface area contributed by atoms with Crippen molar-refractivity contribution >= 4 is 10.9 Å². The highest BCUT2D eigenvalue weighted by molar-refractivity contribution is 5.84. The Labute approximate surface area is 123 Å². The van der Waals surface area contributed by atoms with E-state index in [0.29, 0.717) is 13.1 Å². The molecule has 0 unspecified atom stereocenters. The number of hydrogen-bond acceptors (Lipinski definition) is 2. The number of aromatic nitrogens is 2. The van der Waals surface area contributed by atoms with E-state index in [1.165, 1.54) is 16.5 Å². The molecule has 0 fully saturated rings. The quantitative estimate of drug-likeness (QED) is 0.777. The lowest BCUT2D eigenvalue weighted by Gasteiger charge is -2.07. The van der Waals surface area contributed by atoms with E-state index >= 15 is 0 Å². The van der Waals surface area contributed by atoms with E-state index in [2.05, 4.69) is 22.9 Å². The minimum Gasteiger partial charge on any atom is -0.345 e. The number of hydrogen-bond donors (Lipinski definition) is 1. The summed E-state index contributed by atoms with van der Waals surface area (Å²) in [5.74, 6) is 0. The van der Waals surface area contributed by atoms with Crippen LogP contribution in [-0.2, 0) is 19.5 Å². The fourth-order valence-electron chi connectivity index (χ4n) is 2.72. The number of benzene rings is 1. The molecule has 0 saturated carbocycles. The van der Waals surface area contributed by atoms with Gasteiger partial charge in [0, 0.05) is 42.5 Å². The van der Waals surface area contributed by atoms with Crippen LogP contribution >= 0.6 is 0 Å². The fraction of sp³-hybridized carbons (Fsp3) is 0.235. The molecule has 4 heteroatoms. The lowest BCUT2D eigenvalue weighted by Crippen LogP contribution is -2.20. The van der Waals surface area contributed by atoms with Crippen molar-refractivity contribution in [2.75, 3.05) is 6.54 Å². The predicted octanol–water partition coefficient (Wildman–Crippen LogP) is 2.00. The van der Waals surface area contributed by atoms with Gasteiger partial charge in [-0.05, 0) is 30.7 Å². The highest BCUT2D eigenvalue weighted by Gasteiger charge is 2.07. The molecular weight excluding hydrogens is 262 g/mol. The number of aryl methyl sites for hydroxylation is 2. The van der Waals surface area contributed by atoms with Crippen LogP contribution in [0, 0.1) is 0 Å². The molecule has 3 aromatic rings. The number of nitrogens with zero attached hydrogens (tertiary/aromatic N) is 2. The van der Waals surface area contributed by atoms with E-state index in [-0.39, 0.29) is 5.56 Å². The third kappa shape index (κ3) is 2.76. The number of para-hydroxylation sites is 1. The minimum absolute atomic E-state index is 0.0381. The van der Waals surface area contributed by atoms with Gasteiger partial charge in [0.1, 0.15) is 0 Å². The van der Waals surface area contributed by atoms with Gasteiger partial charge in [0.15, 0.2) is 0 Å². The second kappa shape index (κ2) is 5.97. The summed E-state index contributed by atoms with van der Waals surface area (Å²) in [5, 5.41) is 1.25.